The Labute approximate surface area is 188 Å². The van der Waals surface area contributed by atoms with E-state index in [2.05, 4.69) is 25.3 Å². The fraction of sp³-hybridized carbons (Fsp3) is 0.300. The van der Waals surface area contributed by atoms with Gasteiger partial charge in [-0.2, -0.15) is 10.2 Å². The number of aromatic amines is 1. The lowest BCUT2D eigenvalue weighted by molar-refractivity contribution is 0.620. The maximum absolute atomic E-state index is 12.2. The Hall–Kier alpha value is -3.38. The van der Waals surface area contributed by atoms with Gasteiger partial charge in [-0.05, 0) is 20.8 Å². The molecule has 0 aliphatic rings. The normalized spacial score (nSPS) is 11.7. The Bertz CT molecular complexity index is 1760. The van der Waals surface area contributed by atoms with Gasteiger partial charge in [-0.1, -0.05) is 0 Å². The number of hydrogen-bond donors (Lipinski definition) is 1. The molecule has 0 spiro atoms. The number of rotatable bonds is 1. The van der Waals surface area contributed by atoms with Gasteiger partial charge in [0, 0.05) is 31.4 Å². The summed E-state index contributed by atoms with van der Waals surface area (Å²) in [6.07, 6.45) is 3.44. The molecule has 10 nitrogen and oxygen atoms in total. The molecule has 0 aromatic carbocycles. The highest BCUT2D eigenvalue weighted by atomic mass is 32.1. The molecule has 0 aliphatic heterocycles. The third-order valence-electron chi connectivity index (χ3n) is 5.38. The third kappa shape index (κ3) is 2.90. The summed E-state index contributed by atoms with van der Waals surface area (Å²) >= 11 is 3.19. The lowest BCUT2D eigenvalue weighted by atomic mass is 10.3. The summed E-state index contributed by atoms with van der Waals surface area (Å²) < 4.78 is 7.23. The predicted molar refractivity (Wildman–Crippen MR) is 128 cm³/mol. The standard InChI is InChI=1S/C11H12N4OS.C9H8N4OS/c1-4-15-11(16)8-7(5-12-15)9-10(14(8)3)13-6(2)17-9;1-4-11-8-7(15-4)5-3-10-12-9(14)6(5)13(8)2/h5H,4H2,1-3H3;3H,1-2H3,(H,12,14). The molecule has 6 heterocycles. The average molecular weight is 469 g/mol. The second-order valence-electron chi connectivity index (χ2n) is 7.38. The van der Waals surface area contributed by atoms with Crippen LogP contribution in [-0.4, -0.2) is 39.1 Å². The fourth-order valence-corrected chi connectivity index (χ4v) is 5.86. The number of aromatic nitrogens is 8. The van der Waals surface area contributed by atoms with Gasteiger partial charge < -0.3 is 9.13 Å². The highest BCUT2D eigenvalue weighted by Crippen LogP contribution is 2.30. The molecule has 12 heteroatoms. The smallest absolute Gasteiger partial charge is 0.291 e. The van der Waals surface area contributed by atoms with Crippen LogP contribution in [0.1, 0.15) is 16.9 Å². The van der Waals surface area contributed by atoms with E-state index in [9.17, 15) is 9.59 Å². The molecule has 32 heavy (non-hydrogen) atoms. The summed E-state index contributed by atoms with van der Waals surface area (Å²) in [6, 6.07) is 0. The Morgan fingerprint density at radius 1 is 0.906 bits per heavy atom. The van der Waals surface area contributed by atoms with E-state index in [1.54, 1.807) is 35.1 Å². The van der Waals surface area contributed by atoms with Crippen molar-refractivity contribution in [3.63, 3.8) is 0 Å². The van der Waals surface area contributed by atoms with Crippen LogP contribution in [0.25, 0.3) is 42.5 Å². The average Bonchev–Trinajstić information content (AvgIpc) is 3.46. The lowest BCUT2D eigenvalue weighted by Gasteiger charge is -2.01. The minimum atomic E-state index is -0.169. The molecular weight excluding hydrogens is 448 g/mol. The van der Waals surface area contributed by atoms with Crippen LogP contribution >= 0.6 is 22.7 Å². The van der Waals surface area contributed by atoms with Crippen LogP contribution in [0, 0.1) is 13.8 Å². The van der Waals surface area contributed by atoms with Crippen LogP contribution in [0.15, 0.2) is 22.0 Å². The minimum Gasteiger partial charge on any atom is -0.323 e. The first kappa shape index (κ1) is 20.5. The van der Waals surface area contributed by atoms with Gasteiger partial charge >= 0.3 is 0 Å². The van der Waals surface area contributed by atoms with Crippen LogP contribution in [0.4, 0.5) is 0 Å². The van der Waals surface area contributed by atoms with Crippen molar-refractivity contribution in [3.8, 4) is 0 Å². The second kappa shape index (κ2) is 7.35. The summed E-state index contributed by atoms with van der Waals surface area (Å²) in [5.74, 6) is 0. The SMILES string of the molecule is CCn1ncc2c3sc(C)nc3n(C)c2c1=O.Cc1nc2c(s1)c1cn[nH]c(=O)c1n2C. The maximum atomic E-state index is 12.2. The van der Waals surface area contributed by atoms with Gasteiger partial charge in [0.15, 0.2) is 11.3 Å². The van der Waals surface area contributed by atoms with Gasteiger partial charge in [0.05, 0.1) is 31.8 Å². The van der Waals surface area contributed by atoms with Gasteiger partial charge in [-0.3, -0.25) is 9.59 Å². The van der Waals surface area contributed by atoms with Gasteiger partial charge in [0.2, 0.25) is 0 Å². The predicted octanol–water partition coefficient (Wildman–Crippen LogP) is 2.85. The van der Waals surface area contributed by atoms with Crippen LogP contribution in [0.3, 0.4) is 0 Å². The molecule has 6 rings (SSSR count). The van der Waals surface area contributed by atoms with Crippen molar-refractivity contribution in [2.24, 2.45) is 14.1 Å². The van der Waals surface area contributed by atoms with E-state index in [-0.39, 0.29) is 11.1 Å². The molecule has 0 fully saturated rings. The van der Waals surface area contributed by atoms with E-state index < -0.39 is 0 Å². The Balaban J connectivity index is 0.000000136. The number of thiazole rings is 2. The molecule has 6 aromatic rings. The molecule has 0 bridgehead atoms. The first-order valence-corrected chi connectivity index (χ1v) is 11.6. The summed E-state index contributed by atoms with van der Waals surface area (Å²) in [5.41, 5.74) is 2.84. The molecule has 0 unspecified atom stereocenters. The molecule has 6 aromatic heterocycles. The first-order chi connectivity index (χ1) is 15.3. The van der Waals surface area contributed by atoms with Crippen molar-refractivity contribution in [3.05, 3.63) is 43.1 Å². The highest BCUT2D eigenvalue weighted by molar-refractivity contribution is 7.19. The number of nitrogens with zero attached hydrogens (tertiary/aromatic N) is 7. The second-order valence-corrected chi connectivity index (χ2v) is 9.78. The van der Waals surface area contributed by atoms with E-state index in [4.69, 9.17) is 0 Å². The van der Waals surface area contributed by atoms with E-state index in [1.165, 1.54) is 4.68 Å². The van der Waals surface area contributed by atoms with Gasteiger partial charge in [-0.15, -0.1) is 22.7 Å². The first-order valence-electron chi connectivity index (χ1n) is 9.92. The number of aryl methyl sites for hydroxylation is 5. The van der Waals surface area contributed by atoms with Crippen molar-refractivity contribution < 1.29 is 0 Å². The molecule has 0 saturated heterocycles. The van der Waals surface area contributed by atoms with Crippen molar-refractivity contribution in [2.45, 2.75) is 27.3 Å². The minimum absolute atomic E-state index is 0.0460. The number of H-pyrrole nitrogens is 1. The molecule has 0 amide bonds. The number of fused-ring (bicyclic) bond motifs is 6. The Morgan fingerprint density at radius 2 is 1.47 bits per heavy atom. The maximum Gasteiger partial charge on any atom is 0.291 e. The zero-order valence-electron chi connectivity index (χ0n) is 18.1. The molecule has 0 aliphatic carbocycles. The van der Waals surface area contributed by atoms with Crippen molar-refractivity contribution in [2.75, 3.05) is 0 Å². The van der Waals surface area contributed by atoms with Crippen molar-refractivity contribution in [1.29, 1.82) is 0 Å². The van der Waals surface area contributed by atoms with E-state index in [0.717, 1.165) is 41.5 Å². The zero-order chi connectivity index (χ0) is 22.7. The highest BCUT2D eigenvalue weighted by Gasteiger charge is 2.16. The number of nitrogens with one attached hydrogen (secondary N) is 1. The molecule has 0 atom stereocenters. The largest absolute Gasteiger partial charge is 0.323 e. The van der Waals surface area contributed by atoms with Gasteiger partial charge in [0.25, 0.3) is 11.1 Å². The number of hydrogen-bond acceptors (Lipinski definition) is 8. The molecule has 0 saturated carbocycles. The van der Waals surface area contributed by atoms with Crippen LogP contribution in [0.5, 0.6) is 0 Å². The van der Waals surface area contributed by atoms with E-state index in [0.29, 0.717) is 17.6 Å². The Morgan fingerprint density at radius 3 is 2.06 bits per heavy atom. The summed E-state index contributed by atoms with van der Waals surface area (Å²) in [4.78, 5) is 32.6. The third-order valence-corrected chi connectivity index (χ3v) is 7.36. The summed E-state index contributed by atoms with van der Waals surface area (Å²) in [6.45, 7) is 6.42. The van der Waals surface area contributed by atoms with Crippen molar-refractivity contribution >= 4 is 65.2 Å². The quantitative estimate of drug-likeness (QED) is 0.397. The van der Waals surface area contributed by atoms with Crippen molar-refractivity contribution in [1.82, 2.24) is 39.1 Å². The molecule has 1 N–H and O–H groups in total. The monoisotopic (exact) mass is 468 g/mol. The van der Waals surface area contributed by atoms with E-state index in [1.807, 2.05) is 44.0 Å². The van der Waals surface area contributed by atoms with E-state index >= 15 is 0 Å². The summed E-state index contributed by atoms with van der Waals surface area (Å²) in [5, 5.41) is 14.2. The van der Waals surface area contributed by atoms with Gasteiger partial charge in [0.1, 0.15) is 11.0 Å². The zero-order valence-corrected chi connectivity index (χ0v) is 19.8. The molecule has 164 valence electrons. The van der Waals surface area contributed by atoms with Gasteiger partial charge in [-0.25, -0.2) is 19.7 Å². The van der Waals surface area contributed by atoms with Crippen LogP contribution in [-0.2, 0) is 20.6 Å². The lowest BCUT2D eigenvalue weighted by Crippen LogP contribution is -2.22. The molecule has 0 radical (unpaired) electrons. The fourth-order valence-electron chi connectivity index (χ4n) is 3.93. The van der Waals surface area contributed by atoms with Crippen LogP contribution < -0.4 is 11.1 Å². The topological polar surface area (TPSA) is 116 Å². The van der Waals surface area contributed by atoms with Crippen LogP contribution in [0.2, 0.25) is 0 Å². The molecular formula is C20H20N8O2S2. The Kier molecular flexibility index (Phi) is 4.71. The summed E-state index contributed by atoms with van der Waals surface area (Å²) in [7, 11) is 3.73.